The summed E-state index contributed by atoms with van der Waals surface area (Å²) in [5.41, 5.74) is 0.412. The van der Waals surface area contributed by atoms with Gasteiger partial charge < -0.3 is 15.1 Å². The number of piperazine rings is 1. The molecule has 3 heterocycles. The van der Waals surface area contributed by atoms with Crippen molar-refractivity contribution in [3.8, 4) is 0 Å². The molecule has 1 N–H and O–H groups in total. The molecule has 2 saturated heterocycles. The number of carbonyl (C=O) groups excluding carboxylic acids is 2. The van der Waals surface area contributed by atoms with E-state index in [-0.39, 0.29) is 29.4 Å². The Balaban J connectivity index is 1.57. The van der Waals surface area contributed by atoms with E-state index in [1.54, 1.807) is 24.0 Å². The van der Waals surface area contributed by atoms with Gasteiger partial charge in [0.15, 0.2) is 9.84 Å². The van der Waals surface area contributed by atoms with Crippen LogP contribution in [0.5, 0.6) is 0 Å². The Labute approximate surface area is 147 Å². The lowest BCUT2D eigenvalue weighted by Crippen LogP contribution is -2.48. The first-order chi connectivity index (χ1) is 11.8. The second-order valence-corrected chi connectivity index (χ2v) is 8.70. The maximum Gasteiger partial charge on any atom is 0.253 e. The van der Waals surface area contributed by atoms with Crippen molar-refractivity contribution in [2.45, 2.75) is 19.4 Å². The highest BCUT2D eigenvalue weighted by Crippen LogP contribution is 2.15. The largest absolute Gasteiger partial charge is 0.353 e. The molecule has 2 amide bonds. The molecule has 1 aromatic heterocycles. The Kier molecular flexibility index (Phi) is 4.94. The third-order valence-corrected chi connectivity index (χ3v) is 6.39. The predicted molar refractivity (Wildman–Crippen MR) is 93.2 cm³/mol. The summed E-state index contributed by atoms with van der Waals surface area (Å²) in [6, 6.07) is 3.15. The van der Waals surface area contributed by atoms with Crippen molar-refractivity contribution in [1.82, 2.24) is 15.2 Å². The third kappa shape index (κ3) is 4.28. The Morgan fingerprint density at radius 3 is 2.44 bits per heavy atom. The number of nitrogens with zero attached hydrogens (tertiary/aromatic N) is 3. The van der Waals surface area contributed by atoms with Gasteiger partial charge in [-0.15, -0.1) is 0 Å². The van der Waals surface area contributed by atoms with Gasteiger partial charge in [0.1, 0.15) is 5.82 Å². The average Bonchev–Trinajstić information content (AvgIpc) is 2.93. The number of sulfone groups is 1. The van der Waals surface area contributed by atoms with Crippen LogP contribution in [-0.2, 0) is 14.6 Å². The summed E-state index contributed by atoms with van der Waals surface area (Å²) < 4.78 is 22.9. The summed E-state index contributed by atoms with van der Waals surface area (Å²) in [6.07, 6.45) is 1.96. The topological polar surface area (TPSA) is 99.7 Å². The van der Waals surface area contributed by atoms with E-state index in [4.69, 9.17) is 0 Å². The molecule has 0 aliphatic carbocycles. The van der Waals surface area contributed by atoms with E-state index in [1.807, 2.05) is 0 Å². The lowest BCUT2D eigenvalue weighted by Gasteiger charge is -2.34. The van der Waals surface area contributed by atoms with E-state index >= 15 is 0 Å². The van der Waals surface area contributed by atoms with Crippen LogP contribution in [-0.4, -0.2) is 73.8 Å². The van der Waals surface area contributed by atoms with Crippen molar-refractivity contribution < 1.29 is 18.0 Å². The number of anilines is 1. The molecule has 1 unspecified atom stereocenters. The number of pyridine rings is 1. The van der Waals surface area contributed by atoms with E-state index in [0.29, 0.717) is 38.2 Å². The van der Waals surface area contributed by atoms with Crippen molar-refractivity contribution in [2.24, 2.45) is 0 Å². The molecule has 8 nitrogen and oxygen atoms in total. The van der Waals surface area contributed by atoms with Gasteiger partial charge in [-0.25, -0.2) is 13.4 Å². The molecular formula is C16H22N4O4S. The molecule has 25 heavy (non-hydrogen) atoms. The second-order valence-electron chi connectivity index (χ2n) is 6.47. The lowest BCUT2D eigenvalue weighted by molar-refractivity contribution is -0.129. The number of carbonyl (C=O) groups is 2. The van der Waals surface area contributed by atoms with Crippen LogP contribution >= 0.6 is 0 Å². The number of hydrogen-bond acceptors (Lipinski definition) is 6. The van der Waals surface area contributed by atoms with Gasteiger partial charge in [-0.1, -0.05) is 0 Å². The minimum atomic E-state index is -3.02. The van der Waals surface area contributed by atoms with Crippen molar-refractivity contribution in [1.29, 1.82) is 0 Å². The van der Waals surface area contributed by atoms with Gasteiger partial charge in [-0.3, -0.25) is 9.59 Å². The Bertz CT molecular complexity index is 755. The van der Waals surface area contributed by atoms with Gasteiger partial charge in [0.2, 0.25) is 5.91 Å². The first kappa shape index (κ1) is 17.7. The van der Waals surface area contributed by atoms with Crippen LogP contribution in [0.2, 0.25) is 0 Å². The Morgan fingerprint density at radius 2 is 1.92 bits per heavy atom. The standard InChI is InChI=1S/C16H22N4O4S/c1-12(21)19-5-7-20(8-6-19)15-3-2-13(10-17-15)16(22)18-14-4-9-25(23,24)11-14/h2-3,10,14H,4-9,11H2,1H3,(H,18,22). The zero-order chi connectivity index (χ0) is 18.0. The molecule has 0 spiro atoms. The zero-order valence-corrected chi connectivity index (χ0v) is 15.0. The highest BCUT2D eigenvalue weighted by atomic mass is 32.2. The summed E-state index contributed by atoms with van der Waals surface area (Å²) in [6.45, 7) is 4.30. The van der Waals surface area contributed by atoms with Crippen LogP contribution in [0, 0.1) is 0 Å². The maximum absolute atomic E-state index is 12.2. The molecule has 3 rings (SSSR count). The van der Waals surface area contributed by atoms with Crippen LogP contribution in [0.15, 0.2) is 18.3 Å². The molecule has 136 valence electrons. The SMILES string of the molecule is CC(=O)N1CCN(c2ccc(C(=O)NC3CCS(=O)(=O)C3)cn2)CC1. The van der Waals surface area contributed by atoms with E-state index in [0.717, 1.165) is 5.82 Å². The van der Waals surface area contributed by atoms with Gasteiger partial charge in [-0.05, 0) is 18.6 Å². The maximum atomic E-state index is 12.2. The van der Waals surface area contributed by atoms with Gasteiger partial charge >= 0.3 is 0 Å². The lowest BCUT2D eigenvalue weighted by atomic mass is 10.2. The minimum absolute atomic E-state index is 0.00464. The summed E-state index contributed by atoms with van der Waals surface area (Å²) in [5, 5.41) is 2.75. The molecule has 2 aliphatic heterocycles. The number of rotatable bonds is 3. The molecule has 2 aliphatic rings. The van der Waals surface area contributed by atoms with Crippen LogP contribution in [0.1, 0.15) is 23.7 Å². The summed E-state index contributed by atoms with van der Waals surface area (Å²) in [5.74, 6) is 0.672. The van der Waals surface area contributed by atoms with E-state index < -0.39 is 9.84 Å². The van der Waals surface area contributed by atoms with E-state index in [1.165, 1.54) is 6.20 Å². The minimum Gasteiger partial charge on any atom is -0.353 e. The second kappa shape index (κ2) is 6.99. The number of aromatic nitrogens is 1. The smallest absolute Gasteiger partial charge is 0.253 e. The monoisotopic (exact) mass is 366 g/mol. The number of hydrogen-bond donors (Lipinski definition) is 1. The quantitative estimate of drug-likeness (QED) is 0.786. The van der Waals surface area contributed by atoms with Gasteiger partial charge in [0.25, 0.3) is 5.91 Å². The molecule has 0 radical (unpaired) electrons. The Morgan fingerprint density at radius 1 is 1.20 bits per heavy atom. The van der Waals surface area contributed by atoms with Crippen LogP contribution < -0.4 is 10.2 Å². The predicted octanol–water partition coefficient (Wildman–Crippen LogP) is -0.333. The fraction of sp³-hybridized carbons (Fsp3) is 0.562. The van der Waals surface area contributed by atoms with Crippen LogP contribution in [0.4, 0.5) is 5.82 Å². The van der Waals surface area contributed by atoms with Gasteiger partial charge in [-0.2, -0.15) is 0 Å². The summed E-state index contributed by atoms with van der Waals surface area (Å²) in [4.78, 5) is 31.8. The molecule has 9 heteroatoms. The third-order valence-electron chi connectivity index (χ3n) is 4.63. The van der Waals surface area contributed by atoms with Gasteiger partial charge in [0.05, 0.1) is 17.1 Å². The van der Waals surface area contributed by atoms with Crippen molar-refractivity contribution in [3.63, 3.8) is 0 Å². The van der Waals surface area contributed by atoms with Gasteiger partial charge in [0, 0.05) is 45.3 Å². The highest BCUT2D eigenvalue weighted by molar-refractivity contribution is 7.91. The first-order valence-corrected chi connectivity index (χ1v) is 10.1. The Hall–Kier alpha value is -2.16. The van der Waals surface area contributed by atoms with Crippen molar-refractivity contribution in [2.75, 3.05) is 42.6 Å². The molecule has 0 bridgehead atoms. The highest BCUT2D eigenvalue weighted by Gasteiger charge is 2.29. The summed E-state index contributed by atoms with van der Waals surface area (Å²) >= 11 is 0. The van der Waals surface area contributed by atoms with Crippen molar-refractivity contribution >= 4 is 27.5 Å². The van der Waals surface area contributed by atoms with Crippen molar-refractivity contribution in [3.05, 3.63) is 23.9 Å². The molecular weight excluding hydrogens is 344 g/mol. The molecule has 0 aromatic carbocycles. The van der Waals surface area contributed by atoms with E-state index in [2.05, 4.69) is 15.2 Å². The average molecular weight is 366 g/mol. The molecule has 1 aromatic rings. The fourth-order valence-corrected chi connectivity index (χ4v) is 4.81. The molecule has 1 atom stereocenters. The first-order valence-electron chi connectivity index (χ1n) is 8.32. The fourth-order valence-electron chi connectivity index (χ4n) is 3.14. The number of amides is 2. The van der Waals surface area contributed by atoms with Crippen LogP contribution in [0.25, 0.3) is 0 Å². The van der Waals surface area contributed by atoms with Crippen LogP contribution in [0.3, 0.4) is 0 Å². The summed E-state index contributed by atoms with van der Waals surface area (Å²) in [7, 11) is -3.02. The number of nitrogens with one attached hydrogen (secondary N) is 1. The molecule has 2 fully saturated rings. The molecule has 0 saturated carbocycles. The van der Waals surface area contributed by atoms with E-state index in [9.17, 15) is 18.0 Å². The normalized spacial score (nSPS) is 22.7. The zero-order valence-electron chi connectivity index (χ0n) is 14.1.